The molecular weight excluding hydrogens is 224 g/mol. The van der Waals surface area contributed by atoms with Crippen LogP contribution in [0.1, 0.15) is 12.5 Å². The first-order valence-corrected chi connectivity index (χ1v) is 5.10. The third-order valence-electron chi connectivity index (χ3n) is 1.81. The van der Waals surface area contributed by atoms with Crippen molar-refractivity contribution in [1.82, 2.24) is 0 Å². The van der Waals surface area contributed by atoms with Gasteiger partial charge < -0.3 is 4.74 Å². The fourth-order valence-corrected chi connectivity index (χ4v) is 1.11. The van der Waals surface area contributed by atoms with E-state index in [0.717, 1.165) is 5.56 Å². The van der Waals surface area contributed by atoms with Crippen molar-refractivity contribution in [3.05, 3.63) is 40.9 Å². The molecule has 0 bridgehead atoms. The Labute approximate surface area is 99.9 Å². The fourth-order valence-electron chi connectivity index (χ4n) is 0.986. The van der Waals surface area contributed by atoms with Crippen molar-refractivity contribution in [2.45, 2.75) is 13.0 Å². The number of hydrogen-bond acceptors (Lipinski definition) is 2. The molecule has 0 aliphatic heterocycles. The molecule has 0 N–H and O–H groups in total. The molecule has 2 nitrogen and oxygen atoms in total. The minimum absolute atomic E-state index is 0.458. The molecule has 0 spiro atoms. The van der Waals surface area contributed by atoms with Gasteiger partial charge in [0, 0.05) is 11.1 Å². The molecule has 82 valence electrons. The topological polar surface area (TPSA) is 26.3 Å². The number of hydrogen-bond donors (Lipinski definition) is 0. The molecule has 0 aromatic heterocycles. The van der Waals surface area contributed by atoms with Crippen LogP contribution in [0.15, 0.2) is 30.3 Å². The van der Waals surface area contributed by atoms with E-state index < -0.39 is 12.1 Å². The molecule has 0 radical (unpaired) electrons. The quantitative estimate of drug-likeness (QED) is 0.457. The van der Waals surface area contributed by atoms with E-state index in [9.17, 15) is 4.79 Å². The van der Waals surface area contributed by atoms with E-state index in [4.69, 9.17) is 22.8 Å². The largest absolute Gasteiger partial charge is 0.446 e. The number of terminal acetylenes is 1. The zero-order chi connectivity index (χ0) is 12.0. The van der Waals surface area contributed by atoms with Crippen molar-refractivity contribution in [1.29, 1.82) is 0 Å². The van der Waals surface area contributed by atoms with Crippen molar-refractivity contribution < 1.29 is 9.53 Å². The number of carbonyl (C=O) groups excluding carboxylic acids is 1. The van der Waals surface area contributed by atoms with Crippen LogP contribution in [0.4, 0.5) is 0 Å². The zero-order valence-electron chi connectivity index (χ0n) is 8.81. The van der Waals surface area contributed by atoms with Crippen molar-refractivity contribution in [2.75, 3.05) is 0 Å². The lowest BCUT2D eigenvalue weighted by molar-refractivity contribution is -0.139. The molecule has 16 heavy (non-hydrogen) atoms. The molecule has 0 saturated carbocycles. The van der Waals surface area contributed by atoms with Crippen molar-refractivity contribution in [2.24, 2.45) is 0 Å². The Hall–Kier alpha value is -1.72. The van der Waals surface area contributed by atoms with Gasteiger partial charge in [0.25, 0.3) is 0 Å². The summed E-state index contributed by atoms with van der Waals surface area (Å²) in [5, 5.41) is 0.653. The molecule has 0 heterocycles. The summed E-state index contributed by atoms with van der Waals surface area (Å²) in [6.45, 7) is 1.63. The van der Waals surface area contributed by atoms with E-state index in [2.05, 4.69) is 5.92 Å². The van der Waals surface area contributed by atoms with Crippen LogP contribution in [0.25, 0.3) is 6.08 Å². The second-order valence-electron chi connectivity index (χ2n) is 3.13. The van der Waals surface area contributed by atoms with Crippen LogP contribution in [0.2, 0.25) is 5.02 Å². The smallest absolute Gasteiger partial charge is 0.331 e. The van der Waals surface area contributed by atoms with Gasteiger partial charge in [0.05, 0.1) is 0 Å². The Morgan fingerprint density at radius 3 is 2.69 bits per heavy atom. The van der Waals surface area contributed by atoms with Gasteiger partial charge in [0.2, 0.25) is 0 Å². The van der Waals surface area contributed by atoms with E-state index in [0.29, 0.717) is 5.02 Å². The first kappa shape index (κ1) is 12.4. The Morgan fingerprint density at radius 1 is 1.50 bits per heavy atom. The van der Waals surface area contributed by atoms with Crippen LogP contribution in [-0.4, -0.2) is 12.1 Å². The number of benzene rings is 1. The summed E-state index contributed by atoms with van der Waals surface area (Å²) in [5.41, 5.74) is 0.870. The average molecular weight is 235 g/mol. The normalized spacial score (nSPS) is 12.1. The molecule has 1 unspecified atom stereocenters. The molecule has 1 rings (SSSR count). The maximum atomic E-state index is 11.2. The second-order valence-corrected chi connectivity index (χ2v) is 3.57. The second kappa shape index (κ2) is 5.99. The SMILES string of the molecule is C#CC(C)OC(=O)/C=C/c1ccc(Cl)cc1. The first-order valence-electron chi connectivity index (χ1n) is 4.72. The molecule has 1 aromatic carbocycles. The lowest BCUT2D eigenvalue weighted by Crippen LogP contribution is -2.10. The number of carbonyl (C=O) groups is 1. The van der Waals surface area contributed by atoms with Crippen LogP contribution in [0, 0.1) is 12.3 Å². The number of ether oxygens (including phenoxy) is 1. The Balaban J connectivity index is 2.57. The molecular formula is C13H11ClO2. The highest BCUT2D eigenvalue weighted by Crippen LogP contribution is 2.10. The van der Waals surface area contributed by atoms with Crippen LogP contribution in [0.3, 0.4) is 0 Å². The summed E-state index contributed by atoms with van der Waals surface area (Å²) < 4.78 is 4.86. The van der Waals surface area contributed by atoms with Gasteiger partial charge in [-0.2, -0.15) is 0 Å². The minimum atomic E-state index is -0.512. The summed E-state index contributed by atoms with van der Waals surface area (Å²) in [5.74, 6) is 1.85. The van der Waals surface area contributed by atoms with Gasteiger partial charge in [0.1, 0.15) is 0 Å². The van der Waals surface area contributed by atoms with Crippen molar-refractivity contribution >= 4 is 23.6 Å². The van der Waals surface area contributed by atoms with Gasteiger partial charge >= 0.3 is 5.97 Å². The molecule has 0 saturated heterocycles. The highest BCUT2D eigenvalue weighted by atomic mass is 35.5. The van der Waals surface area contributed by atoms with E-state index in [1.807, 2.05) is 0 Å². The Morgan fingerprint density at radius 2 is 2.12 bits per heavy atom. The Kier molecular flexibility index (Phi) is 4.63. The molecule has 0 amide bonds. The summed E-state index contributed by atoms with van der Waals surface area (Å²) in [6.07, 6.45) is 7.54. The average Bonchev–Trinajstić information content (AvgIpc) is 2.28. The third kappa shape index (κ3) is 4.20. The number of halogens is 1. The molecule has 0 aliphatic rings. The molecule has 1 aromatic rings. The lowest BCUT2D eigenvalue weighted by Gasteiger charge is -2.03. The van der Waals surface area contributed by atoms with Gasteiger partial charge in [-0.1, -0.05) is 29.7 Å². The summed E-state index contributed by atoms with van der Waals surface area (Å²) in [4.78, 5) is 11.2. The van der Waals surface area contributed by atoms with E-state index in [-0.39, 0.29) is 0 Å². The molecule has 1 atom stereocenters. The maximum absolute atomic E-state index is 11.2. The predicted octanol–water partition coefficient (Wildman–Crippen LogP) is 2.92. The predicted molar refractivity (Wildman–Crippen MR) is 64.9 cm³/mol. The fraction of sp³-hybridized carbons (Fsp3) is 0.154. The highest BCUT2D eigenvalue weighted by Gasteiger charge is 2.01. The highest BCUT2D eigenvalue weighted by molar-refractivity contribution is 6.30. The van der Waals surface area contributed by atoms with E-state index >= 15 is 0 Å². The standard InChI is InChI=1S/C13H11ClO2/c1-3-10(2)16-13(15)9-6-11-4-7-12(14)8-5-11/h1,4-10H,2H3/b9-6+. The summed E-state index contributed by atoms with van der Waals surface area (Å²) >= 11 is 5.72. The maximum Gasteiger partial charge on any atom is 0.331 e. The first-order chi connectivity index (χ1) is 7.61. The Bertz CT molecular complexity index is 426. The van der Waals surface area contributed by atoms with Gasteiger partial charge in [-0.15, -0.1) is 6.42 Å². The number of esters is 1. The summed E-state index contributed by atoms with van der Waals surface area (Å²) in [6, 6.07) is 7.10. The molecule has 0 aliphatic carbocycles. The number of rotatable bonds is 3. The van der Waals surface area contributed by atoms with Crippen molar-refractivity contribution in [3.8, 4) is 12.3 Å². The summed E-state index contributed by atoms with van der Waals surface area (Å²) in [7, 11) is 0. The van der Waals surface area contributed by atoms with Gasteiger partial charge in [0.15, 0.2) is 6.10 Å². The van der Waals surface area contributed by atoms with Crippen molar-refractivity contribution in [3.63, 3.8) is 0 Å². The third-order valence-corrected chi connectivity index (χ3v) is 2.06. The van der Waals surface area contributed by atoms with Gasteiger partial charge in [-0.05, 0) is 30.7 Å². The zero-order valence-corrected chi connectivity index (χ0v) is 9.57. The van der Waals surface area contributed by atoms with Crippen LogP contribution in [0.5, 0.6) is 0 Å². The monoisotopic (exact) mass is 234 g/mol. The molecule has 3 heteroatoms. The minimum Gasteiger partial charge on any atom is -0.446 e. The van der Waals surface area contributed by atoms with Gasteiger partial charge in [-0.3, -0.25) is 0 Å². The van der Waals surface area contributed by atoms with Crippen LogP contribution >= 0.6 is 11.6 Å². The van der Waals surface area contributed by atoms with Crippen LogP contribution in [-0.2, 0) is 9.53 Å². The lowest BCUT2D eigenvalue weighted by atomic mass is 10.2. The van der Waals surface area contributed by atoms with Gasteiger partial charge in [-0.25, -0.2) is 4.79 Å². The van der Waals surface area contributed by atoms with Crippen LogP contribution < -0.4 is 0 Å². The van der Waals surface area contributed by atoms with E-state index in [1.54, 1.807) is 37.3 Å². The van der Waals surface area contributed by atoms with E-state index in [1.165, 1.54) is 6.08 Å². The molecule has 0 fully saturated rings.